The van der Waals surface area contributed by atoms with Crippen molar-refractivity contribution >= 4 is 5.82 Å². The molecule has 24 heavy (non-hydrogen) atoms. The summed E-state index contributed by atoms with van der Waals surface area (Å²) in [5.41, 5.74) is 0.663. The van der Waals surface area contributed by atoms with Crippen LogP contribution in [0.4, 0.5) is 5.82 Å². The Bertz CT molecular complexity index is 667. The van der Waals surface area contributed by atoms with Gasteiger partial charge in [-0.15, -0.1) is 0 Å². The maximum Gasteiger partial charge on any atom is 0.146 e. The van der Waals surface area contributed by atoms with Gasteiger partial charge in [-0.1, -0.05) is 0 Å². The summed E-state index contributed by atoms with van der Waals surface area (Å²) in [6.07, 6.45) is 8.81. The fourth-order valence-electron chi connectivity index (χ4n) is 3.24. The van der Waals surface area contributed by atoms with Crippen LogP contribution in [0.1, 0.15) is 31.7 Å². The molecule has 3 heterocycles. The molecule has 6 nitrogen and oxygen atoms in total. The highest BCUT2D eigenvalue weighted by molar-refractivity contribution is 5.53. The SMILES string of the molecule is CC(CCn1cccn1)NC1CCN(c2ncccc2C#N)CC1. The van der Waals surface area contributed by atoms with E-state index in [9.17, 15) is 5.26 Å². The second kappa shape index (κ2) is 7.93. The molecule has 1 fully saturated rings. The molecule has 0 aromatic carbocycles. The molecular formula is C18H24N6. The smallest absolute Gasteiger partial charge is 0.146 e. The summed E-state index contributed by atoms with van der Waals surface area (Å²) >= 11 is 0. The van der Waals surface area contributed by atoms with Crippen molar-refractivity contribution in [1.29, 1.82) is 5.26 Å². The molecule has 0 saturated carbocycles. The molecule has 1 unspecified atom stereocenters. The second-order valence-electron chi connectivity index (χ2n) is 6.37. The number of nitriles is 1. The van der Waals surface area contributed by atoms with Gasteiger partial charge >= 0.3 is 0 Å². The molecule has 1 atom stereocenters. The van der Waals surface area contributed by atoms with E-state index in [2.05, 4.69) is 33.3 Å². The molecule has 0 aliphatic carbocycles. The van der Waals surface area contributed by atoms with E-state index < -0.39 is 0 Å². The predicted molar refractivity (Wildman–Crippen MR) is 93.6 cm³/mol. The van der Waals surface area contributed by atoms with Crippen LogP contribution >= 0.6 is 0 Å². The zero-order chi connectivity index (χ0) is 16.8. The van der Waals surface area contributed by atoms with Crippen molar-refractivity contribution in [3.8, 4) is 6.07 Å². The fraction of sp³-hybridized carbons (Fsp3) is 0.500. The van der Waals surface area contributed by atoms with Crippen LogP contribution in [-0.4, -0.2) is 39.9 Å². The number of hydrogen-bond acceptors (Lipinski definition) is 5. The fourth-order valence-corrected chi connectivity index (χ4v) is 3.24. The van der Waals surface area contributed by atoms with Crippen LogP contribution in [0.3, 0.4) is 0 Å². The molecule has 6 heteroatoms. The zero-order valence-corrected chi connectivity index (χ0v) is 14.1. The number of piperidine rings is 1. The first kappa shape index (κ1) is 16.5. The Labute approximate surface area is 143 Å². The number of hydrogen-bond donors (Lipinski definition) is 1. The van der Waals surface area contributed by atoms with E-state index in [1.54, 1.807) is 6.20 Å². The number of aryl methyl sites for hydroxylation is 1. The van der Waals surface area contributed by atoms with Gasteiger partial charge in [0.1, 0.15) is 11.9 Å². The number of pyridine rings is 1. The minimum Gasteiger partial charge on any atom is -0.355 e. The topological polar surface area (TPSA) is 69.8 Å². The Hall–Kier alpha value is -2.39. The Morgan fingerprint density at radius 3 is 2.88 bits per heavy atom. The molecule has 0 bridgehead atoms. The lowest BCUT2D eigenvalue weighted by molar-refractivity contribution is 0.353. The van der Waals surface area contributed by atoms with Crippen LogP contribution in [0.5, 0.6) is 0 Å². The minimum atomic E-state index is 0.468. The van der Waals surface area contributed by atoms with E-state index in [4.69, 9.17) is 0 Å². The molecule has 2 aromatic heterocycles. The Morgan fingerprint density at radius 2 is 2.17 bits per heavy atom. The second-order valence-corrected chi connectivity index (χ2v) is 6.37. The summed E-state index contributed by atoms with van der Waals surface area (Å²) in [4.78, 5) is 6.62. The highest BCUT2D eigenvalue weighted by Gasteiger charge is 2.22. The Balaban J connectivity index is 1.46. The summed E-state index contributed by atoms with van der Waals surface area (Å²) in [7, 11) is 0. The summed E-state index contributed by atoms with van der Waals surface area (Å²) < 4.78 is 1.98. The monoisotopic (exact) mass is 324 g/mol. The molecule has 0 amide bonds. The van der Waals surface area contributed by atoms with Gasteiger partial charge in [-0.05, 0) is 44.4 Å². The number of aromatic nitrogens is 3. The van der Waals surface area contributed by atoms with E-state index in [1.807, 2.05) is 35.3 Å². The molecule has 1 aliphatic heterocycles. The molecular weight excluding hydrogens is 300 g/mol. The van der Waals surface area contributed by atoms with E-state index >= 15 is 0 Å². The van der Waals surface area contributed by atoms with Gasteiger partial charge in [-0.3, -0.25) is 4.68 Å². The molecule has 1 N–H and O–H groups in total. The predicted octanol–water partition coefficient (Wildman–Crippen LogP) is 2.19. The summed E-state index contributed by atoms with van der Waals surface area (Å²) in [6.45, 7) is 5.06. The summed E-state index contributed by atoms with van der Waals surface area (Å²) in [5.74, 6) is 0.824. The highest BCUT2D eigenvalue weighted by Crippen LogP contribution is 2.21. The molecule has 0 radical (unpaired) electrons. The normalized spacial score (nSPS) is 16.8. The van der Waals surface area contributed by atoms with Crippen molar-refractivity contribution in [2.24, 2.45) is 0 Å². The van der Waals surface area contributed by atoms with Gasteiger partial charge in [0.15, 0.2) is 0 Å². The first-order chi connectivity index (χ1) is 11.8. The summed E-state index contributed by atoms with van der Waals surface area (Å²) in [6, 6.07) is 8.85. The van der Waals surface area contributed by atoms with Crippen LogP contribution in [0, 0.1) is 11.3 Å². The average Bonchev–Trinajstić information content (AvgIpc) is 3.14. The maximum atomic E-state index is 9.22. The lowest BCUT2D eigenvalue weighted by atomic mass is 10.0. The first-order valence-electron chi connectivity index (χ1n) is 8.60. The molecule has 126 valence electrons. The number of anilines is 1. The number of nitrogens with zero attached hydrogens (tertiary/aromatic N) is 5. The van der Waals surface area contributed by atoms with Crippen molar-refractivity contribution < 1.29 is 0 Å². The van der Waals surface area contributed by atoms with E-state index in [0.717, 1.165) is 44.7 Å². The van der Waals surface area contributed by atoms with Crippen molar-refractivity contribution in [3.63, 3.8) is 0 Å². The van der Waals surface area contributed by atoms with Crippen molar-refractivity contribution in [2.45, 2.75) is 44.8 Å². The van der Waals surface area contributed by atoms with Crippen LogP contribution in [0.2, 0.25) is 0 Å². The van der Waals surface area contributed by atoms with Gasteiger partial charge in [0.2, 0.25) is 0 Å². The van der Waals surface area contributed by atoms with Gasteiger partial charge in [-0.2, -0.15) is 10.4 Å². The van der Waals surface area contributed by atoms with Crippen LogP contribution in [-0.2, 0) is 6.54 Å². The van der Waals surface area contributed by atoms with Crippen molar-refractivity contribution in [3.05, 3.63) is 42.4 Å². The standard InChI is InChI=1S/C18H24N6/c1-15(5-13-24-10-3-9-21-24)22-17-6-11-23(12-7-17)18-16(14-19)4-2-8-20-18/h2-4,8-10,15,17,22H,5-7,11-13H2,1H3. The third-order valence-electron chi connectivity index (χ3n) is 4.57. The van der Waals surface area contributed by atoms with Gasteiger partial charge in [0.05, 0.1) is 5.56 Å². The zero-order valence-electron chi connectivity index (χ0n) is 14.1. The minimum absolute atomic E-state index is 0.468. The summed E-state index contributed by atoms with van der Waals surface area (Å²) in [5, 5.41) is 17.2. The van der Waals surface area contributed by atoms with E-state index in [1.165, 1.54) is 0 Å². The first-order valence-corrected chi connectivity index (χ1v) is 8.60. The maximum absolute atomic E-state index is 9.22. The third kappa shape index (κ3) is 4.12. The number of rotatable bonds is 6. The van der Waals surface area contributed by atoms with Gasteiger partial charge in [0, 0.05) is 50.3 Å². The highest BCUT2D eigenvalue weighted by atomic mass is 15.3. The molecule has 1 saturated heterocycles. The number of nitrogens with one attached hydrogen (secondary N) is 1. The van der Waals surface area contributed by atoms with Gasteiger partial charge in [-0.25, -0.2) is 4.98 Å². The van der Waals surface area contributed by atoms with Crippen LogP contribution < -0.4 is 10.2 Å². The lowest BCUT2D eigenvalue weighted by Gasteiger charge is -2.35. The van der Waals surface area contributed by atoms with Crippen LogP contribution in [0.25, 0.3) is 0 Å². The lowest BCUT2D eigenvalue weighted by Crippen LogP contribution is -2.46. The quantitative estimate of drug-likeness (QED) is 0.882. The molecule has 0 spiro atoms. The van der Waals surface area contributed by atoms with Crippen molar-refractivity contribution in [1.82, 2.24) is 20.1 Å². The average molecular weight is 324 g/mol. The molecule has 2 aromatic rings. The third-order valence-corrected chi connectivity index (χ3v) is 4.57. The van der Waals surface area contributed by atoms with Crippen LogP contribution in [0.15, 0.2) is 36.8 Å². The molecule has 1 aliphatic rings. The Kier molecular flexibility index (Phi) is 5.44. The Morgan fingerprint density at radius 1 is 1.33 bits per heavy atom. The van der Waals surface area contributed by atoms with E-state index in [0.29, 0.717) is 17.6 Å². The largest absolute Gasteiger partial charge is 0.355 e. The van der Waals surface area contributed by atoms with Crippen molar-refractivity contribution in [2.75, 3.05) is 18.0 Å². The van der Waals surface area contributed by atoms with Gasteiger partial charge < -0.3 is 10.2 Å². The van der Waals surface area contributed by atoms with Gasteiger partial charge in [0.25, 0.3) is 0 Å². The van der Waals surface area contributed by atoms with E-state index in [-0.39, 0.29) is 0 Å². The molecule has 3 rings (SSSR count).